The molecule has 0 aliphatic rings. The summed E-state index contributed by atoms with van der Waals surface area (Å²) in [6.45, 7) is 0. The van der Waals surface area contributed by atoms with E-state index in [0.717, 1.165) is 0 Å². The van der Waals surface area contributed by atoms with Crippen LogP contribution in [0.2, 0.25) is 5.02 Å². The smallest absolute Gasteiger partial charge is 0.194 e. The Hall–Kier alpha value is -1.52. The topological polar surface area (TPSA) is 52.3 Å². The van der Waals surface area contributed by atoms with Gasteiger partial charge in [-0.15, -0.1) is 0 Å². The molecule has 0 unspecified atom stereocenters. The van der Waals surface area contributed by atoms with Crippen molar-refractivity contribution in [2.24, 2.45) is 0 Å². The lowest BCUT2D eigenvalue weighted by Gasteiger charge is -2.08. The summed E-state index contributed by atoms with van der Waals surface area (Å²) < 4.78 is 5.65. The van der Waals surface area contributed by atoms with E-state index in [1.165, 1.54) is 7.11 Å². The molecular formula is C14H11BrClNO2. The lowest BCUT2D eigenvalue weighted by atomic mass is 10.0. The van der Waals surface area contributed by atoms with Gasteiger partial charge in [-0.1, -0.05) is 17.7 Å². The minimum Gasteiger partial charge on any atom is -0.495 e. The van der Waals surface area contributed by atoms with Crippen molar-refractivity contribution in [3.05, 3.63) is 57.0 Å². The summed E-state index contributed by atoms with van der Waals surface area (Å²) in [5.74, 6) is 0.383. The van der Waals surface area contributed by atoms with Crippen LogP contribution >= 0.6 is 27.5 Å². The minimum absolute atomic E-state index is 0.149. The molecule has 2 aromatic carbocycles. The van der Waals surface area contributed by atoms with Gasteiger partial charge < -0.3 is 10.5 Å². The van der Waals surface area contributed by atoms with Gasteiger partial charge in [-0.05, 0) is 46.3 Å². The highest BCUT2D eigenvalue weighted by atomic mass is 79.9. The monoisotopic (exact) mass is 339 g/mol. The third kappa shape index (κ3) is 2.74. The van der Waals surface area contributed by atoms with Gasteiger partial charge in [-0.3, -0.25) is 4.79 Å². The van der Waals surface area contributed by atoms with Crippen LogP contribution in [0.3, 0.4) is 0 Å². The van der Waals surface area contributed by atoms with E-state index >= 15 is 0 Å². The number of rotatable bonds is 3. The van der Waals surface area contributed by atoms with Crippen LogP contribution < -0.4 is 10.5 Å². The third-order valence-corrected chi connectivity index (χ3v) is 3.87. The van der Waals surface area contributed by atoms with Crippen molar-refractivity contribution in [3.63, 3.8) is 0 Å². The molecule has 2 aromatic rings. The molecule has 0 atom stereocenters. The Bertz CT molecular complexity index is 643. The molecule has 3 nitrogen and oxygen atoms in total. The number of hydrogen-bond donors (Lipinski definition) is 1. The Labute approximate surface area is 124 Å². The molecule has 0 aromatic heterocycles. The van der Waals surface area contributed by atoms with Crippen LogP contribution in [0, 0.1) is 0 Å². The number of nitrogen functional groups attached to an aromatic ring is 1. The molecule has 0 radical (unpaired) electrons. The predicted octanol–water partition coefficient (Wildman–Crippen LogP) is 3.92. The number of methoxy groups -OCH3 is 1. The number of halogens is 2. The molecule has 0 spiro atoms. The van der Waals surface area contributed by atoms with Gasteiger partial charge in [0.25, 0.3) is 0 Å². The van der Waals surface area contributed by atoms with Crippen LogP contribution in [-0.2, 0) is 0 Å². The molecular weight excluding hydrogens is 330 g/mol. The van der Waals surface area contributed by atoms with Gasteiger partial charge >= 0.3 is 0 Å². The summed E-state index contributed by atoms with van der Waals surface area (Å²) in [6, 6.07) is 10.1. The lowest BCUT2D eigenvalue weighted by molar-refractivity contribution is 0.103. The molecule has 2 rings (SSSR count). The van der Waals surface area contributed by atoms with Gasteiger partial charge in [0.2, 0.25) is 0 Å². The van der Waals surface area contributed by atoms with Crippen LogP contribution in [0.1, 0.15) is 15.9 Å². The SMILES string of the molecule is COc1ccc(C(=O)c2cccc(N)c2Br)cc1Cl. The number of ether oxygens (including phenoxy) is 1. The van der Waals surface area contributed by atoms with Crippen LogP contribution in [0.4, 0.5) is 5.69 Å². The first-order valence-electron chi connectivity index (χ1n) is 5.47. The standard InChI is InChI=1S/C14H11BrClNO2/c1-19-12-6-5-8(7-10(12)16)14(18)9-3-2-4-11(17)13(9)15/h2-7H,17H2,1H3. The molecule has 0 saturated carbocycles. The zero-order chi connectivity index (χ0) is 14.0. The van der Waals surface area contributed by atoms with E-state index in [4.69, 9.17) is 22.1 Å². The zero-order valence-corrected chi connectivity index (χ0v) is 12.5. The maximum absolute atomic E-state index is 12.4. The molecule has 0 aliphatic heterocycles. The summed E-state index contributed by atoms with van der Waals surface area (Å²) in [5, 5.41) is 0.397. The van der Waals surface area contributed by atoms with E-state index in [1.807, 2.05) is 0 Å². The van der Waals surface area contributed by atoms with Crippen LogP contribution in [-0.4, -0.2) is 12.9 Å². The van der Waals surface area contributed by atoms with Crippen molar-refractivity contribution >= 4 is 39.0 Å². The summed E-state index contributed by atoms with van der Waals surface area (Å²) in [5.41, 5.74) is 7.27. The van der Waals surface area contributed by atoms with Crippen LogP contribution in [0.25, 0.3) is 0 Å². The number of anilines is 1. The number of carbonyl (C=O) groups is 1. The molecule has 19 heavy (non-hydrogen) atoms. The second kappa shape index (κ2) is 5.63. The summed E-state index contributed by atoms with van der Waals surface area (Å²) >= 11 is 9.34. The van der Waals surface area contributed by atoms with Gasteiger partial charge in [0.05, 0.1) is 16.6 Å². The molecule has 98 valence electrons. The Morgan fingerprint density at radius 2 is 2.05 bits per heavy atom. The molecule has 0 saturated heterocycles. The zero-order valence-electron chi connectivity index (χ0n) is 10.1. The number of carbonyl (C=O) groups excluding carboxylic acids is 1. The molecule has 2 N–H and O–H groups in total. The second-order valence-corrected chi connectivity index (χ2v) is 5.09. The molecule has 0 heterocycles. The molecule has 0 bridgehead atoms. The number of benzene rings is 2. The van der Waals surface area contributed by atoms with Gasteiger partial charge in [0.15, 0.2) is 5.78 Å². The van der Waals surface area contributed by atoms with Gasteiger partial charge in [0, 0.05) is 16.8 Å². The normalized spacial score (nSPS) is 10.3. The van der Waals surface area contributed by atoms with Gasteiger partial charge in [0.1, 0.15) is 5.75 Å². The quantitative estimate of drug-likeness (QED) is 0.680. The first-order valence-corrected chi connectivity index (χ1v) is 6.64. The Kier molecular flexibility index (Phi) is 4.12. The van der Waals surface area contributed by atoms with Crippen molar-refractivity contribution in [3.8, 4) is 5.75 Å². The second-order valence-electron chi connectivity index (χ2n) is 3.89. The van der Waals surface area contributed by atoms with Crippen molar-refractivity contribution in [1.82, 2.24) is 0 Å². The molecule has 5 heteroatoms. The van der Waals surface area contributed by atoms with E-state index in [1.54, 1.807) is 36.4 Å². The van der Waals surface area contributed by atoms with Crippen molar-refractivity contribution < 1.29 is 9.53 Å². The predicted molar refractivity (Wildman–Crippen MR) is 80.0 cm³/mol. The van der Waals surface area contributed by atoms with E-state index in [-0.39, 0.29) is 5.78 Å². The molecule has 0 fully saturated rings. The van der Waals surface area contributed by atoms with Crippen LogP contribution in [0.5, 0.6) is 5.75 Å². The number of nitrogens with two attached hydrogens (primary N) is 1. The largest absolute Gasteiger partial charge is 0.495 e. The fourth-order valence-corrected chi connectivity index (χ4v) is 2.39. The van der Waals surface area contributed by atoms with Crippen LogP contribution in [0.15, 0.2) is 40.9 Å². The Balaban J connectivity index is 2.44. The van der Waals surface area contributed by atoms with E-state index < -0.39 is 0 Å². The highest BCUT2D eigenvalue weighted by Crippen LogP contribution is 2.29. The minimum atomic E-state index is -0.149. The Morgan fingerprint density at radius 3 is 2.68 bits per heavy atom. The first kappa shape index (κ1) is 13.9. The number of ketones is 1. The Morgan fingerprint density at radius 1 is 1.32 bits per heavy atom. The van der Waals surface area contributed by atoms with E-state index in [2.05, 4.69) is 15.9 Å². The first-order chi connectivity index (χ1) is 9.04. The summed E-state index contributed by atoms with van der Waals surface area (Å²) in [6.07, 6.45) is 0. The molecule has 0 amide bonds. The van der Waals surface area contributed by atoms with Crippen molar-refractivity contribution in [1.29, 1.82) is 0 Å². The van der Waals surface area contributed by atoms with Gasteiger partial charge in [-0.25, -0.2) is 0 Å². The average Bonchev–Trinajstić information content (AvgIpc) is 2.41. The summed E-state index contributed by atoms with van der Waals surface area (Å²) in [7, 11) is 1.52. The average molecular weight is 341 g/mol. The highest BCUT2D eigenvalue weighted by molar-refractivity contribution is 9.10. The molecule has 0 aliphatic carbocycles. The maximum atomic E-state index is 12.4. The fraction of sp³-hybridized carbons (Fsp3) is 0.0714. The third-order valence-electron chi connectivity index (χ3n) is 2.69. The van der Waals surface area contributed by atoms with Crippen molar-refractivity contribution in [2.75, 3.05) is 12.8 Å². The lowest BCUT2D eigenvalue weighted by Crippen LogP contribution is -2.04. The van der Waals surface area contributed by atoms with E-state index in [0.29, 0.717) is 32.1 Å². The van der Waals surface area contributed by atoms with Crippen molar-refractivity contribution in [2.45, 2.75) is 0 Å². The fourth-order valence-electron chi connectivity index (χ4n) is 1.69. The summed E-state index contributed by atoms with van der Waals surface area (Å²) in [4.78, 5) is 12.4. The maximum Gasteiger partial charge on any atom is 0.194 e. The highest BCUT2D eigenvalue weighted by Gasteiger charge is 2.15. The van der Waals surface area contributed by atoms with E-state index in [9.17, 15) is 4.79 Å². The number of hydrogen-bond acceptors (Lipinski definition) is 3. The van der Waals surface area contributed by atoms with Gasteiger partial charge in [-0.2, -0.15) is 0 Å².